The molecule has 0 aliphatic carbocycles. The topological polar surface area (TPSA) is 131 Å². The molecule has 1 amide bonds. The second-order valence-electron chi connectivity index (χ2n) is 13.7. The molecule has 1 fully saturated rings. The first-order valence-corrected chi connectivity index (χ1v) is 18.6. The molecule has 1 N–H and O–H groups in total. The van der Waals surface area contributed by atoms with E-state index in [-0.39, 0.29) is 5.91 Å². The van der Waals surface area contributed by atoms with E-state index in [0.29, 0.717) is 69.1 Å². The molecule has 1 saturated heterocycles. The van der Waals surface area contributed by atoms with Gasteiger partial charge in [0.1, 0.15) is 17.3 Å². The zero-order chi connectivity index (χ0) is 38.4. The van der Waals surface area contributed by atoms with Crippen molar-refractivity contribution >= 4 is 35.0 Å². The van der Waals surface area contributed by atoms with Crippen molar-refractivity contribution < 1.29 is 19.0 Å². The highest BCUT2D eigenvalue weighted by molar-refractivity contribution is 6.04. The van der Waals surface area contributed by atoms with Crippen LogP contribution >= 0.6 is 0 Å². The van der Waals surface area contributed by atoms with E-state index < -0.39 is 0 Å². The van der Waals surface area contributed by atoms with Crippen LogP contribution in [0.3, 0.4) is 0 Å². The average molecular weight is 750 g/mol. The summed E-state index contributed by atoms with van der Waals surface area (Å²) in [6.07, 6.45) is 7.78. The fourth-order valence-corrected chi connectivity index (χ4v) is 7.07. The van der Waals surface area contributed by atoms with E-state index in [9.17, 15) is 4.79 Å². The van der Waals surface area contributed by atoms with Crippen molar-refractivity contribution in [2.24, 2.45) is 0 Å². The van der Waals surface area contributed by atoms with E-state index in [1.165, 1.54) is 0 Å². The number of nitrogens with zero attached hydrogens (tertiary/aromatic N) is 8. The Kier molecular flexibility index (Phi) is 10.7. The van der Waals surface area contributed by atoms with Crippen LogP contribution in [0.4, 0.5) is 29.1 Å². The number of morpholine rings is 1. The van der Waals surface area contributed by atoms with E-state index >= 15 is 0 Å². The highest BCUT2D eigenvalue weighted by atomic mass is 16.5. The number of ether oxygens (including phenoxy) is 3. The Labute approximate surface area is 326 Å². The van der Waals surface area contributed by atoms with Crippen LogP contribution in [0.25, 0.3) is 11.3 Å². The van der Waals surface area contributed by atoms with Crippen LogP contribution in [0.2, 0.25) is 0 Å². The summed E-state index contributed by atoms with van der Waals surface area (Å²) in [5.74, 6) is 3.52. The summed E-state index contributed by atoms with van der Waals surface area (Å²) in [5.41, 5.74) is 8.10. The van der Waals surface area contributed by atoms with Gasteiger partial charge in [0.15, 0.2) is 0 Å². The van der Waals surface area contributed by atoms with E-state index in [1.54, 1.807) is 38.7 Å². The second-order valence-corrected chi connectivity index (χ2v) is 13.7. The molecule has 8 rings (SSSR count). The standard InChI is InChI=1S/C43H43N9O4/c1-29-24-32(41(53)47-34-14-17-44-18-15-34)8-13-38(29)52-19-16-37-39(48-43(49-40(37)52)50-20-22-56-23-21-50)33-25-45-42(46-26-33)51(27-30-4-9-35(54-2)10-5-30)28-31-6-11-36(55-3)12-7-31/h4-15,17-18,24-26H,16,19-23,27-28H2,1-3H3,(H,44,47,53). The van der Waals surface area contributed by atoms with Gasteiger partial charge in [0.2, 0.25) is 11.9 Å². The van der Waals surface area contributed by atoms with E-state index in [1.807, 2.05) is 61.8 Å². The lowest BCUT2D eigenvalue weighted by Gasteiger charge is -2.29. The molecule has 284 valence electrons. The summed E-state index contributed by atoms with van der Waals surface area (Å²) >= 11 is 0. The summed E-state index contributed by atoms with van der Waals surface area (Å²) in [7, 11) is 3.34. The number of fused-ring (bicyclic) bond motifs is 1. The van der Waals surface area contributed by atoms with Crippen LogP contribution < -0.4 is 29.5 Å². The minimum Gasteiger partial charge on any atom is -0.497 e. The van der Waals surface area contributed by atoms with E-state index in [4.69, 9.17) is 34.1 Å². The average Bonchev–Trinajstić information content (AvgIpc) is 3.68. The quantitative estimate of drug-likeness (QED) is 0.144. The predicted octanol–water partition coefficient (Wildman–Crippen LogP) is 6.64. The highest BCUT2D eigenvalue weighted by Crippen LogP contribution is 2.40. The molecule has 13 heteroatoms. The molecule has 2 aliphatic rings. The molecule has 0 bridgehead atoms. The van der Waals surface area contributed by atoms with Crippen molar-refractivity contribution in [3.63, 3.8) is 0 Å². The molecule has 0 atom stereocenters. The van der Waals surface area contributed by atoms with Crippen molar-refractivity contribution in [2.75, 3.05) is 67.1 Å². The SMILES string of the molecule is COc1ccc(CN(Cc2ccc(OC)cc2)c2ncc(-c3nc(N4CCOCC4)nc4c3CCN4c3ccc(C(=O)Nc4ccncc4)cc3C)cn2)cc1. The van der Waals surface area contributed by atoms with Gasteiger partial charge in [-0.25, -0.2) is 15.0 Å². The Morgan fingerprint density at radius 1 is 0.821 bits per heavy atom. The number of hydrogen-bond acceptors (Lipinski definition) is 12. The molecular formula is C43H43N9O4. The number of nitrogens with one attached hydrogen (secondary N) is 1. The molecule has 2 aliphatic heterocycles. The summed E-state index contributed by atoms with van der Waals surface area (Å²) in [6, 6.07) is 25.4. The molecule has 0 spiro atoms. The number of anilines is 5. The van der Waals surface area contributed by atoms with Crippen LogP contribution in [-0.2, 0) is 24.2 Å². The zero-order valence-corrected chi connectivity index (χ0v) is 31.7. The lowest BCUT2D eigenvalue weighted by Crippen LogP contribution is -2.37. The maximum absolute atomic E-state index is 13.1. The van der Waals surface area contributed by atoms with Gasteiger partial charge in [0.25, 0.3) is 5.91 Å². The Bertz CT molecular complexity index is 2230. The minimum atomic E-state index is -0.179. The van der Waals surface area contributed by atoms with Gasteiger partial charge in [-0.2, -0.15) is 4.98 Å². The third kappa shape index (κ3) is 7.94. The predicted molar refractivity (Wildman–Crippen MR) is 216 cm³/mol. The normalized spacial score (nSPS) is 13.6. The number of aryl methyl sites for hydroxylation is 1. The molecule has 6 aromatic rings. The Morgan fingerprint density at radius 3 is 2.07 bits per heavy atom. The van der Waals surface area contributed by atoms with Crippen LogP contribution in [0, 0.1) is 6.92 Å². The van der Waals surface area contributed by atoms with Crippen LogP contribution in [-0.4, -0.2) is 77.9 Å². The van der Waals surface area contributed by atoms with E-state index in [0.717, 1.165) is 62.9 Å². The van der Waals surface area contributed by atoms with E-state index in [2.05, 4.69) is 49.3 Å². The molecule has 5 heterocycles. The molecule has 3 aromatic heterocycles. The van der Waals surface area contributed by atoms with Gasteiger partial charge >= 0.3 is 0 Å². The van der Waals surface area contributed by atoms with Gasteiger partial charge in [0, 0.05) is 85.6 Å². The summed E-state index contributed by atoms with van der Waals surface area (Å²) < 4.78 is 16.4. The van der Waals surface area contributed by atoms with Gasteiger partial charge in [-0.05, 0) is 84.6 Å². The van der Waals surface area contributed by atoms with Gasteiger partial charge in [0.05, 0.1) is 33.1 Å². The number of rotatable bonds is 12. The van der Waals surface area contributed by atoms with Crippen molar-refractivity contribution in [3.8, 4) is 22.8 Å². The minimum absolute atomic E-state index is 0.179. The lowest BCUT2D eigenvalue weighted by molar-refractivity contribution is 0.102. The number of carbonyl (C=O) groups is 1. The fraction of sp³-hybridized carbons (Fsp3) is 0.256. The molecule has 0 radical (unpaired) electrons. The monoisotopic (exact) mass is 749 g/mol. The van der Waals surface area contributed by atoms with Crippen LogP contribution in [0.5, 0.6) is 11.5 Å². The number of aromatic nitrogens is 5. The molecule has 3 aromatic carbocycles. The maximum Gasteiger partial charge on any atom is 0.255 e. The van der Waals surface area contributed by atoms with Crippen molar-refractivity contribution in [2.45, 2.75) is 26.4 Å². The number of benzene rings is 3. The lowest BCUT2D eigenvalue weighted by atomic mass is 10.1. The first kappa shape index (κ1) is 36.4. The number of pyridine rings is 1. The molecule has 13 nitrogen and oxygen atoms in total. The fourth-order valence-electron chi connectivity index (χ4n) is 7.07. The van der Waals surface area contributed by atoms with Crippen molar-refractivity contribution in [3.05, 3.63) is 131 Å². The van der Waals surface area contributed by atoms with Gasteiger partial charge < -0.3 is 34.2 Å². The maximum atomic E-state index is 13.1. The second kappa shape index (κ2) is 16.4. The van der Waals surface area contributed by atoms with Gasteiger partial charge in [-0.1, -0.05) is 24.3 Å². The van der Waals surface area contributed by atoms with Crippen LogP contribution in [0.1, 0.15) is 32.6 Å². The summed E-state index contributed by atoms with van der Waals surface area (Å²) in [5, 5.41) is 2.95. The molecule has 56 heavy (non-hydrogen) atoms. The number of amides is 1. The van der Waals surface area contributed by atoms with Gasteiger partial charge in [-0.3, -0.25) is 9.78 Å². The Balaban J connectivity index is 1.11. The summed E-state index contributed by atoms with van der Waals surface area (Å²) in [6.45, 7) is 6.53. The molecular weight excluding hydrogens is 707 g/mol. The smallest absolute Gasteiger partial charge is 0.255 e. The van der Waals surface area contributed by atoms with Gasteiger partial charge in [-0.15, -0.1) is 0 Å². The van der Waals surface area contributed by atoms with Crippen molar-refractivity contribution in [1.29, 1.82) is 0 Å². The number of methoxy groups -OCH3 is 2. The third-order valence-electron chi connectivity index (χ3n) is 10.1. The Hall–Kier alpha value is -6.60. The zero-order valence-electron chi connectivity index (χ0n) is 31.7. The first-order chi connectivity index (χ1) is 27.4. The third-order valence-corrected chi connectivity index (χ3v) is 10.1. The first-order valence-electron chi connectivity index (χ1n) is 18.6. The number of hydrogen-bond donors (Lipinski definition) is 1. The largest absolute Gasteiger partial charge is 0.497 e. The van der Waals surface area contributed by atoms with Crippen molar-refractivity contribution in [1.82, 2.24) is 24.9 Å². The number of carbonyl (C=O) groups excluding carboxylic acids is 1. The highest BCUT2D eigenvalue weighted by Gasteiger charge is 2.30. The molecule has 0 unspecified atom stereocenters. The van der Waals surface area contributed by atoms with Crippen LogP contribution in [0.15, 0.2) is 104 Å². The summed E-state index contributed by atoms with van der Waals surface area (Å²) in [4.78, 5) is 43.9. The Morgan fingerprint density at radius 2 is 1.46 bits per heavy atom. The molecule has 0 saturated carbocycles.